The lowest BCUT2D eigenvalue weighted by atomic mass is 10.4. The van der Waals surface area contributed by atoms with E-state index in [-0.39, 0.29) is 5.97 Å². The van der Waals surface area contributed by atoms with Crippen LogP contribution in [0.1, 0.15) is 22.3 Å². The van der Waals surface area contributed by atoms with Crippen LogP contribution in [0.4, 0.5) is 0 Å². The highest BCUT2D eigenvalue weighted by Crippen LogP contribution is 2.25. The number of thiazole rings is 1. The van der Waals surface area contributed by atoms with Gasteiger partial charge in [0.15, 0.2) is 9.61 Å². The molecule has 0 bridgehead atoms. The molecule has 0 saturated heterocycles. The number of aromatic nitrogens is 1. The summed E-state index contributed by atoms with van der Waals surface area (Å²) in [5, 5.41) is 0.615. The molecule has 13 heavy (non-hydrogen) atoms. The van der Waals surface area contributed by atoms with Gasteiger partial charge in [0.25, 0.3) is 0 Å². The number of alkyl halides is 1. The summed E-state index contributed by atoms with van der Waals surface area (Å²) in [6, 6.07) is 0. The van der Waals surface area contributed by atoms with Crippen molar-refractivity contribution in [1.29, 1.82) is 0 Å². The van der Waals surface area contributed by atoms with Crippen LogP contribution >= 0.6 is 43.2 Å². The van der Waals surface area contributed by atoms with Gasteiger partial charge in [-0.15, -0.1) is 11.3 Å². The van der Waals surface area contributed by atoms with Crippen LogP contribution in [0.3, 0.4) is 0 Å². The lowest BCUT2D eigenvalue weighted by Crippen LogP contribution is -2.06. The van der Waals surface area contributed by atoms with Crippen molar-refractivity contribution in [2.45, 2.75) is 12.3 Å². The van der Waals surface area contributed by atoms with Crippen molar-refractivity contribution < 1.29 is 9.53 Å². The Bertz CT molecular complexity index is 313. The fourth-order valence-corrected chi connectivity index (χ4v) is 2.77. The van der Waals surface area contributed by atoms with Gasteiger partial charge in [-0.3, -0.25) is 0 Å². The zero-order chi connectivity index (χ0) is 9.84. The zero-order valence-corrected chi connectivity index (χ0v) is 10.8. The first kappa shape index (κ1) is 11.1. The van der Waals surface area contributed by atoms with Crippen molar-refractivity contribution in [2.75, 3.05) is 6.61 Å². The van der Waals surface area contributed by atoms with Crippen molar-refractivity contribution in [1.82, 2.24) is 4.98 Å². The topological polar surface area (TPSA) is 39.2 Å². The van der Waals surface area contributed by atoms with Crippen LogP contribution in [0.25, 0.3) is 0 Å². The second-order valence-corrected chi connectivity index (χ2v) is 5.01. The van der Waals surface area contributed by atoms with E-state index < -0.39 is 0 Å². The smallest absolute Gasteiger partial charge is 0.358 e. The molecule has 0 aliphatic rings. The van der Waals surface area contributed by atoms with Crippen LogP contribution in [0.15, 0.2) is 3.92 Å². The average molecular weight is 329 g/mol. The van der Waals surface area contributed by atoms with E-state index in [9.17, 15) is 4.79 Å². The SMILES string of the molecule is CCOC(=O)c1nc(Br)sc1CBr. The summed E-state index contributed by atoms with van der Waals surface area (Å²) in [5.74, 6) is -0.362. The zero-order valence-electron chi connectivity index (χ0n) is 6.84. The van der Waals surface area contributed by atoms with Gasteiger partial charge in [0.1, 0.15) is 0 Å². The van der Waals surface area contributed by atoms with Gasteiger partial charge in [-0.1, -0.05) is 15.9 Å². The molecule has 0 unspecified atom stereocenters. The summed E-state index contributed by atoms with van der Waals surface area (Å²) in [5.41, 5.74) is 0.399. The van der Waals surface area contributed by atoms with Gasteiger partial charge in [-0.2, -0.15) is 0 Å². The van der Waals surface area contributed by atoms with Crippen molar-refractivity contribution in [2.24, 2.45) is 0 Å². The summed E-state index contributed by atoms with van der Waals surface area (Å²) in [6.45, 7) is 2.14. The van der Waals surface area contributed by atoms with E-state index in [0.717, 1.165) is 4.88 Å². The number of esters is 1. The number of halogens is 2. The highest BCUT2D eigenvalue weighted by atomic mass is 79.9. The fourth-order valence-electron chi connectivity index (χ4n) is 0.773. The number of hydrogen-bond acceptors (Lipinski definition) is 4. The third-order valence-corrected chi connectivity index (χ3v) is 3.70. The van der Waals surface area contributed by atoms with E-state index in [1.807, 2.05) is 0 Å². The number of carbonyl (C=O) groups excluding carboxylic acids is 1. The van der Waals surface area contributed by atoms with Crippen LogP contribution in [-0.4, -0.2) is 17.6 Å². The van der Waals surface area contributed by atoms with Gasteiger partial charge >= 0.3 is 5.97 Å². The Kier molecular flexibility index (Phi) is 4.34. The number of nitrogens with zero attached hydrogens (tertiary/aromatic N) is 1. The molecule has 6 heteroatoms. The normalized spacial score (nSPS) is 10.1. The molecule has 3 nitrogen and oxygen atoms in total. The van der Waals surface area contributed by atoms with E-state index in [2.05, 4.69) is 36.8 Å². The molecule has 0 N–H and O–H groups in total. The molecular weight excluding hydrogens is 322 g/mol. The van der Waals surface area contributed by atoms with E-state index >= 15 is 0 Å². The van der Waals surface area contributed by atoms with Gasteiger partial charge in [-0.05, 0) is 22.9 Å². The lowest BCUT2D eigenvalue weighted by molar-refractivity contribution is 0.0519. The number of hydrogen-bond donors (Lipinski definition) is 0. The monoisotopic (exact) mass is 327 g/mol. The van der Waals surface area contributed by atoms with Crippen molar-refractivity contribution >= 4 is 49.2 Å². The predicted molar refractivity (Wildman–Crippen MR) is 58.4 cm³/mol. The van der Waals surface area contributed by atoms with Crippen molar-refractivity contribution in [3.05, 3.63) is 14.5 Å². The first-order valence-electron chi connectivity index (χ1n) is 3.57. The molecule has 0 aromatic carbocycles. The van der Waals surface area contributed by atoms with Crippen molar-refractivity contribution in [3.63, 3.8) is 0 Å². The Morgan fingerprint density at radius 1 is 1.69 bits per heavy atom. The number of rotatable bonds is 3. The lowest BCUT2D eigenvalue weighted by Gasteiger charge is -1.98. The molecule has 72 valence electrons. The van der Waals surface area contributed by atoms with Gasteiger partial charge in [-0.25, -0.2) is 9.78 Å². The molecule has 0 fully saturated rings. The molecule has 0 radical (unpaired) electrons. The van der Waals surface area contributed by atoms with Crippen LogP contribution in [-0.2, 0) is 10.1 Å². The maximum absolute atomic E-state index is 11.3. The van der Waals surface area contributed by atoms with Crippen LogP contribution < -0.4 is 0 Å². The van der Waals surface area contributed by atoms with E-state index in [1.165, 1.54) is 11.3 Å². The van der Waals surface area contributed by atoms with E-state index in [4.69, 9.17) is 4.74 Å². The third-order valence-electron chi connectivity index (χ3n) is 1.26. The Morgan fingerprint density at radius 2 is 2.38 bits per heavy atom. The first-order valence-corrected chi connectivity index (χ1v) is 6.30. The quantitative estimate of drug-likeness (QED) is 0.632. The Morgan fingerprint density at radius 3 is 2.92 bits per heavy atom. The minimum absolute atomic E-state index is 0.362. The summed E-state index contributed by atoms with van der Waals surface area (Å²) in [7, 11) is 0. The van der Waals surface area contributed by atoms with Gasteiger partial charge in [0.2, 0.25) is 0 Å². The molecule has 0 spiro atoms. The fraction of sp³-hybridized carbons (Fsp3) is 0.429. The molecule has 1 aromatic heterocycles. The summed E-state index contributed by atoms with van der Waals surface area (Å²) in [4.78, 5) is 16.2. The molecule has 0 aliphatic heterocycles. The van der Waals surface area contributed by atoms with Gasteiger partial charge < -0.3 is 4.74 Å². The Hall–Kier alpha value is 0.0600. The average Bonchev–Trinajstić information content (AvgIpc) is 2.47. The standard InChI is InChI=1S/C7H7Br2NO2S/c1-2-12-6(11)5-4(3-8)13-7(9)10-5/h2-3H2,1H3. The third kappa shape index (κ3) is 2.75. The highest BCUT2D eigenvalue weighted by molar-refractivity contribution is 9.11. The maximum atomic E-state index is 11.3. The molecule has 1 rings (SSSR count). The predicted octanol–water partition coefficient (Wildman–Crippen LogP) is 2.98. The van der Waals surface area contributed by atoms with E-state index in [1.54, 1.807) is 6.92 Å². The minimum Gasteiger partial charge on any atom is -0.461 e. The first-order chi connectivity index (χ1) is 6.19. The Balaban J connectivity index is 2.91. The number of carbonyl (C=O) groups is 1. The Labute approximate surface area is 96.8 Å². The molecular formula is C7H7Br2NO2S. The van der Waals surface area contributed by atoms with Crippen LogP contribution in [0.5, 0.6) is 0 Å². The molecule has 0 aliphatic carbocycles. The maximum Gasteiger partial charge on any atom is 0.358 e. The molecule has 0 amide bonds. The van der Waals surface area contributed by atoms with Crippen LogP contribution in [0, 0.1) is 0 Å². The largest absolute Gasteiger partial charge is 0.461 e. The summed E-state index contributed by atoms with van der Waals surface area (Å²) < 4.78 is 5.55. The molecule has 1 heterocycles. The second-order valence-electron chi connectivity index (χ2n) is 2.09. The van der Waals surface area contributed by atoms with Gasteiger partial charge in [0, 0.05) is 5.33 Å². The number of ether oxygens (including phenoxy) is 1. The molecule has 0 saturated carbocycles. The highest BCUT2D eigenvalue weighted by Gasteiger charge is 2.17. The minimum atomic E-state index is -0.362. The summed E-state index contributed by atoms with van der Waals surface area (Å²) >= 11 is 7.93. The summed E-state index contributed by atoms with van der Waals surface area (Å²) in [6.07, 6.45) is 0. The van der Waals surface area contributed by atoms with Gasteiger partial charge in [0.05, 0.1) is 11.5 Å². The van der Waals surface area contributed by atoms with E-state index in [0.29, 0.717) is 21.5 Å². The van der Waals surface area contributed by atoms with Crippen molar-refractivity contribution in [3.8, 4) is 0 Å². The van der Waals surface area contributed by atoms with Crippen LogP contribution in [0.2, 0.25) is 0 Å². The molecule has 0 atom stereocenters. The second kappa shape index (κ2) is 5.07. The molecule has 1 aromatic rings.